The van der Waals surface area contributed by atoms with Crippen molar-refractivity contribution < 1.29 is 14.7 Å². The van der Waals surface area contributed by atoms with Gasteiger partial charge in [0.2, 0.25) is 5.91 Å². The summed E-state index contributed by atoms with van der Waals surface area (Å²) in [4.78, 5) is 29.6. The molecule has 1 amide bonds. The van der Waals surface area contributed by atoms with Crippen LogP contribution < -0.4 is 0 Å². The van der Waals surface area contributed by atoms with Gasteiger partial charge in [-0.05, 0) is 31.9 Å². The summed E-state index contributed by atoms with van der Waals surface area (Å²) >= 11 is 0. The zero-order valence-electron chi connectivity index (χ0n) is 11.8. The van der Waals surface area contributed by atoms with Crippen molar-refractivity contribution in [3.63, 3.8) is 0 Å². The highest BCUT2D eigenvalue weighted by Gasteiger charge is 2.36. The maximum Gasteiger partial charge on any atom is 0.326 e. The SMILES string of the molecule is CC(C(=O)N1CCC[C@@H]1C(=O)O)n1cnc2ccccc21. The van der Waals surface area contributed by atoms with Gasteiger partial charge in [0.05, 0.1) is 17.4 Å². The zero-order valence-corrected chi connectivity index (χ0v) is 11.8. The molecule has 2 heterocycles. The van der Waals surface area contributed by atoms with Crippen LogP contribution >= 0.6 is 0 Å². The van der Waals surface area contributed by atoms with Crippen LogP contribution in [-0.4, -0.2) is 44.0 Å². The number of amides is 1. The highest BCUT2D eigenvalue weighted by molar-refractivity contribution is 5.88. The van der Waals surface area contributed by atoms with Crippen molar-refractivity contribution in [1.29, 1.82) is 0 Å². The number of nitrogens with zero attached hydrogens (tertiary/aromatic N) is 3. The molecule has 1 aliphatic rings. The molecular formula is C15H17N3O3. The molecule has 0 bridgehead atoms. The Morgan fingerprint density at radius 3 is 2.90 bits per heavy atom. The van der Waals surface area contributed by atoms with Gasteiger partial charge >= 0.3 is 5.97 Å². The van der Waals surface area contributed by atoms with E-state index in [2.05, 4.69) is 4.98 Å². The number of aliphatic carboxylic acids is 1. The van der Waals surface area contributed by atoms with Crippen LogP contribution in [0.15, 0.2) is 30.6 Å². The lowest BCUT2D eigenvalue weighted by Crippen LogP contribution is -2.43. The number of rotatable bonds is 3. The van der Waals surface area contributed by atoms with Crippen molar-refractivity contribution in [2.75, 3.05) is 6.54 Å². The number of carbonyl (C=O) groups excluding carboxylic acids is 1. The second-order valence-corrected chi connectivity index (χ2v) is 5.34. The summed E-state index contributed by atoms with van der Waals surface area (Å²) in [5.41, 5.74) is 1.71. The first-order valence-corrected chi connectivity index (χ1v) is 7.04. The van der Waals surface area contributed by atoms with Crippen molar-refractivity contribution in [2.45, 2.75) is 31.8 Å². The molecule has 1 saturated heterocycles. The molecular weight excluding hydrogens is 270 g/mol. The summed E-state index contributed by atoms with van der Waals surface area (Å²) in [7, 11) is 0. The number of carboxylic acids is 1. The highest BCUT2D eigenvalue weighted by Crippen LogP contribution is 2.24. The number of carboxylic acid groups (broad SMARTS) is 1. The summed E-state index contributed by atoms with van der Waals surface area (Å²) in [5.74, 6) is -1.09. The number of carbonyl (C=O) groups is 2. The topological polar surface area (TPSA) is 75.4 Å². The maximum atomic E-state index is 12.6. The minimum absolute atomic E-state index is 0.164. The van der Waals surface area contributed by atoms with Crippen molar-refractivity contribution in [3.05, 3.63) is 30.6 Å². The largest absolute Gasteiger partial charge is 0.480 e. The fourth-order valence-electron chi connectivity index (χ4n) is 2.93. The molecule has 3 rings (SSSR count). The van der Waals surface area contributed by atoms with Crippen LogP contribution in [0.5, 0.6) is 0 Å². The van der Waals surface area contributed by atoms with Gasteiger partial charge in [-0.2, -0.15) is 0 Å². The normalized spacial score (nSPS) is 19.9. The minimum Gasteiger partial charge on any atom is -0.480 e. The Labute approximate surface area is 122 Å². The monoisotopic (exact) mass is 287 g/mol. The van der Waals surface area contributed by atoms with E-state index in [1.165, 1.54) is 4.90 Å². The molecule has 2 atom stereocenters. The van der Waals surface area contributed by atoms with Gasteiger partial charge in [-0.1, -0.05) is 12.1 Å². The molecule has 1 unspecified atom stereocenters. The molecule has 1 aliphatic heterocycles. The molecule has 1 fully saturated rings. The quantitative estimate of drug-likeness (QED) is 0.931. The summed E-state index contributed by atoms with van der Waals surface area (Å²) in [6, 6.07) is 6.43. The lowest BCUT2D eigenvalue weighted by Gasteiger charge is -2.25. The predicted molar refractivity (Wildman–Crippen MR) is 76.8 cm³/mol. The van der Waals surface area contributed by atoms with Gasteiger partial charge in [-0.25, -0.2) is 9.78 Å². The van der Waals surface area contributed by atoms with E-state index in [1.54, 1.807) is 17.8 Å². The van der Waals surface area contributed by atoms with E-state index in [0.29, 0.717) is 13.0 Å². The van der Waals surface area contributed by atoms with Gasteiger partial charge in [0, 0.05) is 6.54 Å². The molecule has 1 aromatic heterocycles. The number of likely N-dealkylation sites (tertiary alicyclic amines) is 1. The van der Waals surface area contributed by atoms with Gasteiger partial charge in [0.1, 0.15) is 12.1 Å². The number of hydrogen-bond acceptors (Lipinski definition) is 3. The van der Waals surface area contributed by atoms with Crippen molar-refractivity contribution >= 4 is 22.9 Å². The molecule has 21 heavy (non-hydrogen) atoms. The van der Waals surface area contributed by atoms with Crippen LogP contribution in [-0.2, 0) is 9.59 Å². The van der Waals surface area contributed by atoms with E-state index in [0.717, 1.165) is 17.5 Å². The third-order valence-electron chi connectivity index (χ3n) is 4.08. The van der Waals surface area contributed by atoms with E-state index in [9.17, 15) is 14.7 Å². The molecule has 0 radical (unpaired) electrons. The van der Waals surface area contributed by atoms with Crippen LogP contribution in [0.3, 0.4) is 0 Å². The van der Waals surface area contributed by atoms with E-state index < -0.39 is 18.1 Å². The third-order valence-corrected chi connectivity index (χ3v) is 4.08. The number of fused-ring (bicyclic) bond motifs is 1. The number of benzene rings is 1. The molecule has 6 nitrogen and oxygen atoms in total. The first-order chi connectivity index (χ1) is 10.1. The molecule has 6 heteroatoms. The maximum absolute atomic E-state index is 12.6. The van der Waals surface area contributed by atoms with Gasteiger partial charge in [0.15, 0.2) is 0 Å². The molecule has 1 aromatic carbocycles. The average molecular weight is 287 g/mol. The Morgan fingerprint density at radius 2 is 2.14 bits per heavy atom. The molecule has 0 aliphatic carbocycles. The predicted octanol–water partition coefficient (Wildman–Crippen LogP) is 1.67. The highest BCUT2D eigenvalue weighted by atomic mass is 16.4. The molecule has 1 N–H and O–H groups in total. The number of hydrogen-bond donors (Lipinski definition) is 1. The van der Waals surface area contributed by atoms with Crippen molar-refractivity contribution in [1.82, 2.24) is 14.5 Å². The average Bonchev–Trinajstić information content (AvgIpc) is 3.12. The summed E-state index contributed by atoms with van der Waals surface area (Å²) < 4.78 is 1.80. The van der Waals surface area contributed by atoms with Gasteiger partial charge in [-0.3, -0.25) is 4.79 Å². The molecule has 0 saturated carbocycles. The first-order valence-electron chi connectivity index (χ1n) is 7.04. The third kappa shape index (κ3) is 2.26. The van der Waals surface area contributed by atoms with E-state index in [-0.39, 0.29) is 5.91 Å². The smallest absolute Gasteiger partial charge is 0.326 e. The Bertz CT molecular complexity index is 694. The second-order valence-electron chi connectivity index (χ2n) is 5.34. The summed E-state index contributed by atoms with van der Waals surface area (Å²) in [5, 5.41) is 9.20. The number of aromatic nitrogens is 2. The molecule has 2 aromatic rings. The minimum atomic E-state index is -0.927. The Kier molecular flexibility index (Phi) is 3.37. The van der Waals surface area contributed by atoms with Crippen LogP contribution in [0.4, 0.5) is 0 Å². The fraction of sp³-hybridized carbons (Fsp3) is 0.400. The van der Waals surface area contributed by atoms with Crippen LogP contribution in [0.2, 0.25) is 0 Å². The van der Waals surface area contributed by atoms with E-state index >= 15 is 0 Å². The van der Waals surface area contributed by atoms with Crippen LogP contribution in [0, 0.1) is 0 Å². The van der Waals surface area contributed by atoms with Gasteiger partial charge < -0.3 is 14.6 Å². The lowest BCUT2D eigenvalue weighted by atomic mass is 10.2. The summed E-state index contributed by atoms with van der Waals surface area (Å²) in [6.45, 7) is 2.29. The first kappa shape index (κ1) is 13.6. The Hall–Kier alpha value is -2.37. The van der Waals surface area contributed by atoms with E-state index in [4.69, 9.17) is 0 Å². The van der Waals surface area contributed by atoms with Crippen LogP contribution in [0.25, 0.3) is 11.0 Å². The molecule has 110 valence electrons. The standard InChI is InChI=1S/C15H17N3O3/c1-10(14(19)17-8-4-7-13(17)15(20)21)18-9-16-11-5-2-3-6-12(11)18/h2-3,5-6,9-10,13H,4,7-8H2,1H3,(H,20,21)/t10?,13-/m1/s1. The fourth-order valence-corrected chi connectivity index (χ4v) is 2.93. The van der Waals surface area contributed by atoms with Crippen molar-refractivity contribution in [3.8, 4) is 0 Å². The Morgan fingerprint density at radius 1 is 1.38 bits per heavy atom. The van der Waals surface area contributed by atoms with Gasteiger partial charge in [-0.15, -0.1) is 0 Å². The Balaban J connectivity index is 1.89. The number of imidazole rings is 1. The summed E-state index contributed by atoms with van der Waals surface area (Å²) in [6.07, 6.45) is 2.90. The zero-order chi connectivity index (χ0) is 15.0. The van der Waals surface area contributed by atoms with Crippen LogP contribution in [0.1, 0.15) is 25.8 Å². The molecule has 0 spiro atoms. The van der Waals surface area contributed by atoms with E-state index in [1.807, 2.05) is 24.3 Å². The van der Waals surface area contributed by atoms with Crippen molar-refractivity contribution in [2.24, 2.45) is 0 Å². The number of para-hydroxylation sites is 2. The van der Waals surface area contributed by atoms with Gasteiger partial charge in [0.25, 0.3) is 0 Å². The second kappa shape index (κ2) is 5.20. The lowest BCUT2D eigenvalue weighted by molar-refractivity contribution is -0.149.